The molecule has 0 bridgehead atoms. The lowest BCUT2D eigenvalue weighted by molar-refractivity contribution is 0.201. The number of rotatable bonds is 2. The highest BCUT2D eigenvalue weighted by atomic mass is 16.6. The fraction of sp³-hybridized carbons (Fsp3) is 0.176. The van der Waals surface area contributed by atoms with Crippen molar-refractivity contribution in [2.45, 2.75) is 19.3 Å². The number of benzene rings is 2. The molecule has 1 amide bonds. The third-order valence-corrected chi connectivity index (χ3v) is 3.42. The van der Waals surface area contributed by atoms with Gasteiger partial charge in [-0.1, -0.05) is 42.5 Å². The summed E-state index contributed by atoms with van der Waals surface area (Å²) >= 11 is 0. The Morgan fingerprint density at radius 3 is 2.62 bits per heavy atom. The topological polar surface area (TPSA) is 50.7 Å². The van der Waals surface area contributed by atoms with Gasteiger partial charge in [-0.05, 0) is 37.0 Å². The molecule has 0 aromatic heterocycles. The van der Waals surface area contributed by atoms with Gasteiger partial charge in [0.25, 0.3) is 0 Å². The van der Waals surface area contributed by atoms with Gasteiger partial charge in [0.1, 0.15) is 5.75 Å². The Kier molecular flexibility index (Phi) is 3.96. The number of carbonyl (C=O) groups excluding carboxylic acids is 1. The molecule has 2 aromatic rings. The summed E-state index contributed by atoms with van der Waals surface area (Å²) in [4.78, 5) is 11.7. The van der Waals surface area contributed by atoms with Gasteiger partial charge >= 0.3 is 6.09 Å². The van der Waals surface area contributed by atoms with Crippen LogP contribution in [-0.2, 0) is 6.42 Å². The molecular weight excluding hydrogens is 264 g/mol. The predicted octanol–water partition coefficient (Wildman–Crippen LogP) is 3.52. The second-order valence-corrected chi connectivity index (χ2v) is 4.88. The molecule has 0 radical (unpaired) electrons. The van der Waals surface area contributed by atoms with Gasteiger partial charge in [0.05, 0.1) is 5.71 Å². The van der Waals surface area contributed by atoms with Gasteiger partial charge in [-0.2, -0.15) is 5.10 Å². The van der Waals surface area contributed by atoms with Crippen LogP contribution in [0.2, 0.25) is 0 Å². The first-order valence-electron chi connectivity index (χ1n) is 7.00. The molecule has 0 saturated heterocycles. The molecule has 1 N–H and O–H groups in total. The van der Waals surface area contributed by atoms with E-state index in [9.17, 15) is 4.79 Å². The molecule has 1 aliphatic carbocycles. The minimum atomic E-state index is -0.572. The number of para-hydroxylation sites is 1. The SMILES string of the molecule is O=C(N/N=C1\CCCc2ccccc21)Oc1ccccc1. The number of amides is 1. The number of hydrazone groups is 1. The van der Waals surface area contributed by atoms with Crippen LogP contribution in [0, 0.1) is 0 Å². The Morgan fingerprint density at radius 2 is 1.76 bits per heavy atom. The van der Waals surface area contributed by atoms with Crippen molar-refractivity contribution in [3.05, 3.63) is 65.7 Å². The van der Waals surface area contributed by atoms with Gasteiger partial charge in [-0.15, -0.1) is 0 Å². The van der Waals surface area contributed by atoms with Gasteiger partial charge < -0.3 is 4.74 Å². The van der Waals surface area contributed by atoms with Crippen LogP contribution >= 0.6 is 0 Å². The van der Waals surface area contributed by atoms with Crippen molar-refractivity contribution in [1.82, 2.24) is 5.43 Å². The van der Waals surface area contributed by atoms with E-state index in [0.717, 1.165) is 30.5 Å². The normalized spacial score (nSPS) is 15.3. The van der Waals surface area contributed by atoms with Crippen molar-refractivity contribution in [2.24, 2.45) is 5.10 Å². The van der Waals surface area contributed by atoms with Gasteiger partial charge in [0.15, 0.2) is 0 Å². The van der Waals surface area contributed by atoms with Crippen molar-refractivity contribution in [1.29, 1.82) is 0 Å². The summed E-state index contributed by atoms with van der Waals surface area (Å²) in [6.07, 6.45) is 2.40. The van der Waals surface area contributed by atoms with Crippen LogP contribution in [0.1, 0.15) is 24.0 Å². The van der Waals surface area contributed by atoms with Crippen molar-refractivity contribution < 1.29 is 9.53 Å². The van der Waals surface area contributed by atoms with Gasteiger partial charge in [0, 0.05) is 5.56 Å². The Bertz CT molecular complexity index is 666. The Hall–Kier alpha value is -2.62. The molecule has 2 aromatic carbocycles. The van der Waals surface area contributed by atoms with Gasteiger partial charge in [0.2, 0.25) is 0 Å². The third-order valence-electron chi connectivity index (χ3n) is 3.42. The molecule has 0 atom stereocenters. The number of nitrogens with one attached hydrogen (secondary N) is 1. The highest BCUT2D eigenvalue weighted by Gasteiger charge is 2.15. The molecule has 4 nitrogen and oxygen atoms in total. The van der Waals surface area contributed by atoms with Crippen molar-refractivity contribution in [2.75, 3.05) is 0 Å². The number of aryl methyl sites for hydroxylation is 1. The maximum absolute atomic E-state index is 11.7. The summed E-state index contributed by atoms with van der Waals surface area (Å²) < 4.78 is 5.14. The molecule has 0 aliphatic heterocycles. The van der Waals surface area contributed by atoms with Crippen LogP contribution in [0.4, 0.5) is 4.79 Å². The summed E-state index contributed by atoms with van der Waals surface area (Å²) in [6, 6.07) is 17.1. The van der Waals surface area contributed by atoms with E-state index in [1.165, 1.54) is 5.56 Å². The molecule has 0 spiro atoms. The van der Waals surface area contributed by atoms with Gasteiger partial charge in [-0.25, -0.2) is 10.2 Å². The van der Waals surface area contributed by atoms with Crippen molar-refractivity contribution in [3.63, 3.8) is 0 Å². The van der Waals surface area contributed by atoms with E-state index in [2.05, 4.69) is 16.6 Å². The monoisotopic (exact) mass is 280 g/mol. The van der Waals surface area contributed by atoms with E-state index in [0.29, 0.717) is 5.75 Å². The lowest BCUT2D eigenvalue weighted by Crippen LogP contribution is -2.24. The molecule has 0 unspecified atom stereocenters. The van der Waals surface area contributed by atoms with Crippen LogP contribution < -0.4 is 10.2 Å². The molecular formula is C17H16N2O2. The highest BCUT2D eigenvalue weighted by molar-refractivity contribution is 6.03. The second-order valence-electron chi connectivity index (χ2n) is 4.88. The molecule has 4 heteroatoms. The molecule has 1 aliphatic rings. The smallest absolute Gasteiger partial charge is 0.409 e. The molecule has 106 valence electrons. The Balaban J connectivity index is 1.68. The van der Waals surface area contributed by atoms with Crippen LogP contribution in [-0.4, -0.2) is 11.8 Å². The molecule has 21 heavy (non-hydrogen) atoms. The summed E-state index contributed by atoms with van der Waals surface area (Å²) in [6.45, 7) is 0. The summed E-state index contributed by atoms with van der Waals surface area (Å²) in [5.74, 6) is 0.499. The number of hydrogen-bond acceptors (Lipinski definition) is 3. The number of carbonyl (C=O) groups is 1. The first-order chi connectivity index (χ1) is 10.3. The van der Waals surface area contributed by atoms with E-state index in [1.807, 2.05) is 36.4 Å². The fourth-order valence-corrected chi connectivity index (χ4v) is 2.45. The predicted molar refractivity (Wildman–Crippen MR) is 81.5 cm³/mol. The number of nitrogens with zero attached hydrogens (tertiary/aromatic N) is 1. The average molecular weight is 280 g/mol. The van der Waals surface area contributed by atoms with E-state index in [4.69, 9.17) is 4.74 Å². The van der Waals surface area contributed by atoms with Crippen LogP contribution in [0.5, 0.6) is 5.75 Å². The van der Waals surface area contributed by atoms with Crippen LogP contribution in [0.15, 0.2) is 59.7 Å². The Labute approximate surface area is 123 Å². The zero-order valence-electron chi connectivity index (χ0n) is 11.6. The molecule has 0 saturated carbocycles. The van der Waals surface area contributed by atoms with E-state index in [1.54, 1.807) is 12.1 Å². The molecule has 0 fully saturated rings. The quantitative estimate of drug-likeness (QED) is 0.856. The highest BCUT2D eigenvalue weighted by Crippen LogP contribution is 2.21. The summed E-state index contributed by atoms with van der Waals surface area (Å²) in [5, 5.41) is 4.21. The number of fused-ring (bicyclic) bond motifs is 1. The fourth-order valence-electron chi connectivity index (χ4n) is 2.45. The van der Waals surface area contributed by atoms with Gasteiger partial charge in [-0.3, -0.25) is 0 Å². The molecule has 3 rings (SSSR count). The average Bonchev–Trinajstić information content (AvgIpc) is 2.54. The second kappa shape index (κ2) is 6.22. The van der Waals surface area contributed by atoms with Crippen molar-refractivity contribution >= 4 is 11.8 Å². The zero-order chi connectivity index (χ0) is 14.5. The number of ether oxygens (including phenoxy) is 1. The first-order valence-corrected chi connectivity index (χ1v) is 7.00. The minimum Gasteiger partial charge on any atom is -0.409 e. The molecule has 0 heterocycles. The largest absolute Gasteiger partial charge is 0.433 e. The number of hydrogen-bond donors (Lipinski definition) is 1. The first kappa shape index (κ1) is 13.4. The lowest BCUT2D eigenvalue weighted by Gasteiger charge is -2.17. The van der Waals surface area contributed by atoms with Crippen LogP contribution in [0.25, 0.3) is 0 Å². The standard InChI is InChI=1S/C17H16N2O2/c20-17(21-14-9-2-1-3-10-14)19-18-16-12-6-8-13-7-4-5-11-15(13)16/h1-5,7,9-11H,6,8,12H2,(H,19,20)/b18-16+. The van der Waals surface area contributed by atoms with Crippen LogP contribution in [0.3, 0.4) is 0 Å². The maximum atomic E-state index is 11.7. The lowest BCUT2D eigenvalue weighted by atomic mass is 9.90. The van der Waals surface area contributed by atoms with E-state index in [-0.39, 0.29) is 0 Å². The Morgan fingerprint density at radius 1 is 1.00 bits per heavy atom. The zero-order valence-corrected chi connectivity index (χ0v) is 11.6. The summed E-state index contributed by atoms with van der Waals surface area (Å²) in [5.41, 5.74) is 5.77. The summed E-state index contributed by atoms with van der Waals surface area (Å²) in [7, 11) is 0. The maximum Gasteiger partial charge on any atom is 0.433 e. The van der Waals surface area contributed by atoms with Crippen molar-refractivity contribution in [3.8, 4) is 5.75 Å². The van der Waals surface area contributed by atoms with E-state index >= 15 is 0 Å². The minimum absolute atomic E-state index is 0.499. The van der Waals surface area contributed by atoms with E-state index < -0.39 is 6.09 Å². The third kappa shape index (κ3) is 3.28.